The van der Waals surface area contributed by atoms with Crippen molar-refractivity contribution in [3.8, 4) is 0 Å². The van der Waals surface area contributed by atoms with Gasteiger partial charge in [-0.1, -0.05) is 123 Å². The number of rotatable bonds is 31. The molecule has 0 aromatic carbocycles. The molecule has 280 valence electrons. The Labute approximate surface area is 302 Å². The first-order chi connectivity index (χ1) is 24.3. The van der Waals surface area contributed by atoms with Crippen molar-refractivity contribution >= 4 is 19.8 Å². The fraction of sp³-hybridized carbons (Fsp3) is 0.512. The van der Waals surface area contributed by atoms with Gasteiger partial charge in [-0.2, -0.15) is 0 Å². The van der Waals surface area contributed by atoms with Gasteiger partial charge in [0.1, 0.15) is 6.61 Å². The summed E-state index contributed by atoms with van der Waals surface area (Å²) < 4.78 is 26.2. The third kappa shape index (κ3) is 37.5. The fourth-order valence-corrected chi connectivity index (χ4v) is 4.52. The molecule has 0 unspecified atom stereocenters. The Kier molecular flexibility index (Phi) is 33.2. The van der Waals surface area contributed by atoms with E-state index in [4.69, 9.17) is 19.3 Å². The number of hydrogen-bond acceptors (Lipinski definition) is 6. The molecule has 0 rings (SSSR count). The van der Waals surface area contributed by atoms with Gasteiger partial charge in [-0.15, -0.1) is 0 Å². The predicted molar refractivity (Wildman–Crippen MR) is 206 cm³/mol. The maximum atomic E-state index is 12.3. The average Bonchev–Trinajstić information content (AvgIpc) is 3.08. The first kappa shape index (κ1) is 46.7. The Morgan fingerprint density at radius 1 is 0.520 bits per heavy atom. The minimum absolute atomic E-state index is 0.117. The molecule has 0 aromatic rings. The van der Waals surface area contributed by atoms with Crippen LogP contribution in [0.5, 0.6) is 0 Å². The van der Waals surface area contributed by atoms with Gasteiger partial charge >= 0.3 is 19.8 Å². The highest BCUT2D eigenvalue weighted by Gasteiger charge is 2.22. The molecule has 0 aliphatic heterocycles. The molecule has 0 saturated carbocycles. The predicted octanol–water partition coefficient (Wildman–Crippen LogP) is 10.8. The third-order valence-electron chi connectivity index (χ3n) is 6.79. The second-order valence-electron chi connectivity index (χ2n) is 11.4. The van der Waals surface area contributed by atoms with Crippen LogP contribution in [0, 0.1) is 0 Å². The van der Waals surface area contributed by atoms with E-state index in [0.29, 0.717) is 19.3 Å². The number of allylic oxidation sites excluding steroid dienone is 18. The van der Waals surface area contributed by atoms with Crippen LogP contribution in [0.4, 0.5) is 0 Å². The van der Waals surface area contributed by atoms with Crippen molar-refractivity contribution in [1.82, 2.24) is 0 Å². The van der Waals surface area contributed by atoms with Gasteiger partial charge in [0.05, 0.1) is 6.61 Å². The second kappa shape index (κ2) is 35.5. The van der Waals surface area contributed by atoms with E-state index in [2.05, 4.69) is 116 Å². The van der Waals surface area contributed by atoms with Gasteiger partial charge in [0, 0.05) is 12.8 Å². The van der Waals surface area contributed by atoms with E-state index < -0.39 is 32.5 Å². The fourth-order valence-electron chi connectivity index (χ4n) is 4.16. The maximum absolute atomic E-state index is 12.3. The van der Waals surface area contributed by atoms with Crippen LogP contribution in [0.1, 0.15) is 117 Å². The van der Waals surface area contributed by atoms with Gasteiger partial charge in [-0.25, -0.2) is 4.57 Å². The van der Waals surface area contributed by atoms with Crippen molar-refractivity contribution in [3.05, 3.63) is 109 Å². The van der Waals surface area contributed by atoms with Gasteiger partial charge in [0.2, 0.25) is 0 Å². The molecule has 8 nitrogen and oxygen atoms in total. The van der Waals surface area contributed by atoms with Crippen LogP contribution in [0.3, 0.4) is 0 Å². The Morgan fingerprint density at radius 2 is 0.900 bits per heavy atom. The average molecular weight is 715 g/mol. The Morgan fingerprint density at radius 3 is 1.32 bits per heavy atom. The van der Waals surface area contributed by atoms with Crippen molar-refractivity contribution in [1.29, 1.82) is 0 Å². The first-order valence-corrected chi connectivity index (χ1v) is 19.7. The second-order valence-corrected chi connectivity index (χ2v) is 12.7. The number of hydrogen-bond donors (Lipinski definition) is 2. The standard InChI is InChI=1S/C41H63O8P/c1-3-5-7-9-11-13-15-17-19-20-22-24-26-28-30-32-34-36-41(43)49-39(38-48-50(44,45)46)37-47-40(42)35-33-31-29-27-25-23-21-18-16-14-12-10-8-6-4-2/h5-8,11-14,17-19,21-22,24-25,27-28,30,39H,3-4,9-10,15-16,20,23,26,29,31-38H2,1-2H3,(H2,44,45,46)/b7-5-,8-6-,13-11-,14-12-,19-17-,21-18-,24-22-,27-25-,30-28-/t39-/m1/s1. The lowest BCUT2D eigenvalue weighted by atomic mass is 10.2. The summed E-state index contributed by atoms with van der Waals surface area (Å²) in [6, 6.07) is 0. The number of carbonyl (C=O) groups is 2. The SMILES string of the molecule is CC/C=C\C/C=C\C/C=C\C/C=C\C/C=C\CCCC(=O)O[C@H](COC(=O)CCCC/C=C\C/C=C\C/C=C\C/C=C\CC)COP(=O)(O)O. The van der Waals surface area contributed by atoms with Crippen LogP contribution in [-0.4, -0.2) is 41.0 Å². The van der Waals surface area contributed by atoms with Crippen LogP contribution >= 0.6 is 7.82 Å². The monoisotopic (exact) mass is 714 g/mol. The molecule has 0 heterocycles. The van der Waals surface area contributed by atoms with E-state index in [1.54, 1.807) is 0 Å². The molecule has 2 N–H and O–H groups in total. The molecule has 9 heteroatoms. The summed E-state index contributed by atoms with van der Waals surface area (Å²) >= 11 is 0. The summed E-state index contributed by atoms with van der Waals surface area (Å²) in [7, 11) is -4.78. The molecule has 0 aromatic heterocycles. The van der Waals surface area contributed by atoms with Crippen LogP contribution in [0.15, 0.2) is 109 Å². The number of phosphoric acid groups is 1. The summed E-state index contributed by atoms with van der Waals surface area (Å²) in [5, 5.41) is 0. The Bertz CT molecular complexity index is 1170. The molecule has 0 radical (unpaired) electrons. The third-order valence-corrected chi connectivity index (χ3v) is 7.27. The van der Waals surface area contributed by atoms with Gasteiger partial charge < -0.3 is 19.3 Å². The van der Waals surface area contributed by atoms with E-state index in [0.717, 1.165) is 70.6 Å². The van der Waals surface area contributed by atoms with Crippen LogP contribution in [0.25, 0.3) is 0 Å². The van der Waals surface area contributed by atoms with Crippen molar-refractivity contribution in [2.24, 2.45) is 0 Å². The lowest BCUT2D eigenvalue weighted by Crippen LogP contribution is -2.29. The highest BCUT2D eigenvalue weighted by molar-refractivity contribution is 7.46. The first-order valence-electron chi connectivity index (χ1n) is 18.2. The van der Waals surface area contributed by atoms with Crippen LogP contribution in [-0.2, 0) is 28.2 Å². The number of phosphoric ester groups is 1. The summed E-state index contributed by atoms with van der Waals surface area (Å²) in [5.41, 5.74) is 0. The van der Waals surface area contributed by atoms with Gasteiger partial charge in [-0.3, -0.25) is 14.1 Å². The van der Waals surface area contributed by atoms with E-state index >= 15 is 0 Å². The van der Waals surface area contributed by atoms with Gasteiger partial charge in [0.15, 0.2) is 6.10 Å². The topological polar surface area (TPSA) is 119 Å². The molecule has 0 aliphatic rings. The quantitative estimate of drug-likeness (QED) is 0.0315. The zero-order chi connectivity index (χ0) is 36.8. The molecule has 0 aliphatic carbocycles. The minimum Gasteiger partial charge on any atom is -0.462 e. The molecule has 50 heavy (non-hydrogen) atoms. The zero-order valence-electron chi connectivity index (χ0n) is 30.5. The molecule has 0 spiro atoms. The van der Waals surface area contributed by atoms with E-state index in [1.165, 1.54) is 0 Å². The molecule has 0 amide bonds. The lowest BCUT2D eigenvalue weighted by Gasteiger charge is -2.18. The summed E-state index contributed by atoms with van der Waals surface area (Å²) in [6.45, 7) is 3.34. The highest BCUT2D eigenvalue weighted by atomic mass is 31.2. The van der Waals surface area contributed by atoms with Gasteiger partial charge in [0.25, 0.3) is 0 Å². The largest absolute Gasteiger partial charge is 0.469 e. The summed E-state index contributed by atoms with van der Waals surface area (Å²) in [6.07, 6.45) is 49.6. The summed E-state index contributed by atoms with van der Waals surface area (Å²) in [5.74, 6) is -1.02. The van der Waals surface area contributed by atoms with E-state index in [-0.39, 0.29) is 19.4 Å². The highest BCUT2D eigenvalue weighted by Crippen LogP contribution is 2.35. The van der Waals surface area contributed by atoms with E-state index in [9.17, 15) is 14.2 Å². The molecule has 0 fully saturated rings. The molecular formula is C41H63O8P. The van der Waals surface area contributed by atoms with Crippen molar-refractivity contribution in [2.75, 3.05) is 13.2 Å². The zero-order valence-corrected chi connectivity index (χ0v) is 31.4. The maximum Gasteiger partial charge on any atom is 0.469 e. The van der Waals surface area contributed by atoms with Crippen LogP contribution in [0.2, 0.25) is 0 Å². The molecule has 0 saturated heterocycles. The normalized spacial score (nSPS) is 13.8. The molecule has 1 atom stereocenters. The minimum atomic E-state index is -4.78. The van der Waals surface area contributed by atoms with Gasteiger partial charge in [-0.05, 0) is 89.9 Å². The number of esters is 2. The van der Waals surface area contributed by atoms with E-state index in [1.807, 2.05) is 12.2 Å². The lowest BCUT2D eigenvalue weighted by molar-refractivity contribution is -0.161. The molecular weight excluding hydrogens is 651 g/mol. The number of ether oxygens (including phenoxy) is 2. The van der Waals surface area contributed by atoms with Crippen LogP contribution < -0.4 is 0 Å². The number of carbonyl (C=O) groups excluding carboxylic acids is 2. The van der Waals surface area contributed by atoms with Crippen molar-refractivity contribution < 1.29 is 37.9 Å². The smallest absolute Gasteiger partial charge is 0.462 e. The van der Waals surface area contributed by atoms with Crippen molar-refractivity contribution in [2.45, 2.75) is 123 Å². The Hall–Kier alpha value is -3.29. The molecule has 0 bridgehead atoms. The summed E-state index contributed by atoms with van der Waals surface area (Å²) in [4.78, 5) is 42.6. The Balaban J connectivity index is 4.20. The van der Waals surface area contributed by atoms with Crippen molar-refractivity contribution in [3.63, 3.8) is 0 Å². The number of unbranched alkanes of at least 4 members (excludes halogenated alkanes) is 3.